The second kappa shape index (κ2) is 6.39. The van der Waals surface area contributed by atoms with Gasteiger partial charge in [-0.05, 0) is 34.7 Å². The number of rotatable bonds is 6. The molecule has 0 fully saturated rings. The van der Waals surface area contributed by atoms with Crippen LogP contribution in [-0.4, -0.2) is 43.8 Å². The number of nitrogens with two attached hydrogens (primary N) is 1. The number of nitrogens with zero attached hydrogens (tertiary/aromatic N) is 4. The maximum absolute atomic E-state index is 9.81. The Hall–Kier alpha value is -1.80. The van der Waals surface area contributed by atoms with Gasteiger partial charge in [0, 0.05) is 18.5 Å². The molecule has 0 aliphatic rings. The molecule has 0 saturated carbocycles. The summed E-state index contributed by atoms with van der Waals surface area (Å²) in [5, 5.41) is 21.5. The van der Waals surface area contributed by atoms with Crippen molar-refractivity contribution in [2.24, 2.45) is 7.05 Å². The quantitative estimate of drug-likeness (QED) is 0.581. The highest BCUT2D eigenvalue weighted by Crippen LogP contribution is 2.16. The number of tetrazole rings is 1. The summed E-state index contributed by atoms with van der Waals surface area (Å²) in [6.45, 7) is 0.211. The maximum atomic E-state index is 9.81. The molecule has 0 radical (unpaired) electrons. The maximum Gasteiger partial charge on any atom is 0.209 e. The lowest BCUT2D eigenvalue weighted by Gasteiger charge is -2.11. The van der Waals surface area contributed by atoms with Crippen LogP contribution in [0.2, 0.25) is 0 Å². The van der Waals surface area contributed by atoms with Crippen LogP contribution in [0.1, 0.15) is 0 Å². The van der Waals surface area contributed by atoms with Crippen LogP contribution in [0.4, 0.5) is 5.69 Å². The molecule has 8 heteroatoms. The molecule has 0 bridgehead atoms. The van der Waals surface area contributed by atoms with Crippen LogP contribution < -0.4 is 10.5 Å². The number of aryl methyl sites for hydroxylation is 1. The van der Waals surface area contributed by atoms with E-state index in [4.69, 9.17) is 10.5 Å². The molecular formula is C11H15N5O2S. The van der Waals surface area contributed by atoms with Crippen LogP contribution in [-0.2, 0) is 7.05 Å². The molecule has 0 saturated heterocycles. The molecule has 1 aromatic carbocycles. The minimum absolute atomic E-state index is 0.211. The van der Waals surface area contributed by atoms with Gasteiger partial charge in [0.2, 0.25) is 5.16 Å². The van der Waals surface area contributed by atoms with Crippen molar-refractivity contribution < 1.29 is 9.84 Å². The van der Waals surface area contributed by atoms with E-state index in [1.54, 1.807) is 36.0 Å². The molecule has 0 aliphatic carbocycles. The van der Waals surface area contributed by atoms with Gasteiger partial charge in [0.1, 0.15) is 12.4 Å². The minimum Gasteiger partial charge on any atom is -0.491 e. The molecule has 1 atom stereocenters. The summed E-state index contributed by atoms with van der Waals surface area (Å²) in [5.74, 6) is 1.14. The van der Waals surface area contributed by atoms with Crippen molar-refractivity contribution in [2.45, 2.75) is 11.3 Å². The Kier molecular flexibility index (Phi) is 4.58. The molecule has 2 rings (SSSR count). The first-order valence-corrected chi connectivity index (χ1v) is 6.65. The Morgan fingerprint density at radius 1 is 1.42 bits per heavy atom. The van der Waals surface area contributed by atoms with E-state index in [2.05, 4.69) is 15.5 Å². The van der Waals surface area contributed by atoms with Crippen LogP contribution in [0.5, 0.6) is 5.75 Å². The minimum atomic E-state index is -0.598. The average molecular weight is 281 g/mol. The van der Waals surface area contributed by atoms with Gasteiger partial charge in [-0.1, -0.05) is 11.8 Å². The number of nitrogen functional groups attached to an aromatic ring is 1. The van der Waals surface area contributed by atoms with Gasteiger partial charge in [0.05, 0.1) is 6.10 Å². The molecular weight excluding hydrogens is 266 g/mol. The van der Waals surface area contributed by atoms with E-state index in [0.717, 1.165) is 0 Å². The fourth-order valence-corrected chi connectivity index (χ4v) is 2.07. The summed E-state index contributed by atoms with van der Waals surface area (Å²) >= 11 is 1.38. The van der Waals surface area contributed by atoms with Crippen LogP contribution in [0, 0.1) is 0 Å². The van der Waals surface area contributed by atoms with E-state index in [1.165, 1.54) is 11.8 Å². The van der Waals surface area contributed by atoms with Crippen LogP contribution in [0.25, 0.3) is 0 Å². The summed E-state index contributed by atoms with van der Waals surface area (Å²) in [5.41, 5.74) is 6.25. The Morgan fingerprint density at radius 3 is 2.79 bits per heavy atom. The zero-order valence-electron chi connectivity index (χ0n) is 10.4. The third-order valence-corrected chi connectivity index (χ3v) is 3.46. The lowest BCUT2D eigenvalue weighted by molar-refractivity contribution is 0.126. The molecule has 0 spiro atoms. The molecule has 1 unspecified atom stereocenters. The Bertz CT molecular complexity index is 516. The van der Waals surface area contributed by atoms with Gasteiger partial charge >= 0.3 is 0 Å². The number of thioether (sulfide) groups is 1. The largest absolute Gasteiger partial charge is 0.491 e. The topological polar surface area (TPSA) is 99.1 Å². The van der Waals surface area contributed by atoms with Crippen molar-refractivity contribution in [1.29, 1.82) is 0 Å². The van der Waals surface area contributed by atoms with Gasteiger partial charge in [0.25, 0.3) is 0 Å². The number of anilines is 1. The molecule has 2 aromatic rings. The summed E-state index contributed by atoms with van der Waals surface area (Å²) in [6, 6.07) is 7.03. The van der Waals surface area contributed by atoms with E-state index < -0.39 is 6.10 Å². The third kappa shape index (κ3) is 4.11. The zero-order chi connectivity index (χ0) is 13.7. The number of aliphatic hydroxyl groups is 1. The molecule has 19 heavy (non-hydrogen) atoms. The Labute approximate surface area is 114 Å². The monoisotopic (exact) mass is 281 g/mol. The molecule has 7 nitrogen and oxygen atoms in total. The highest BCUT2D eigenvalue weighted by Gasteiger charge is 2.09. The summed E-state index contributed by atoms with van der Waals surface area (Å²) in [6.07, 6.45) is -0.598. The first kappa shape index (κ1) is 13.6. The van der Waals surface area contributed by atoms with Gasteiger partial charge in [-0.15, -0.1) is 5.10 Å². The molecule has 1 aromatic heterocycles. The molecule has 0 amide bonds. The fourth-order valence-electron chi connectivity index (χ4n) is 1.32. The summed E-state index contributed by atoms with van der Waals surface area (Å²) < 4.78 is 7.00. The number of hydrogen-bond donors (Lipinski definition) is 2. The average Bonchev–Trinajstić information content (AvgIpc) is 2.81. The van der Waals surface area contributed by atoms with E-state index >= 15 is 0 Å². The number of ether oxygens (including phenoxy) is 1. The molecule has 1 heterocycles. The highest BCUT2D eigenvalue weighted by molar-refractivity contribution is 7.99. The first-order valence-electron chi connectivity index (χ1n) is 5.66. The van der Waals surface area contributed by atoms with Crippen molar-refractivity contribution in [2.75, 3.05) is 18.1 Å². The SMILES string of the molecule is Cn1nnnc1SCC(O)COc1ccc(N)cc1. The number of aliphatic hydroxyl groups excluding tert-OH is 1. The third-order valence-electron chi connectivity index (χ3n) is 2.31. The number of benzene rings is 1. The van der Waals surface area contributed by atoms with E-state index in [-0.39, 0.29) is 6.61 Å². The van der Waals surface area contributed by atoms with Gasteiger partial charge in [-0.2, -0.15) is 0 Å². The smallest absolute Gasteiger partial charge is 0.209 e. The summed E-state index contributed by atoms with van der Waals surface area (Å²) in [4.78, 5) is 0. The van der Waals surface area contributed by atoms with Crippen molar-refractivity contribution in [3.05, 3.63) is 24.3 Å². The van der Waals surface area contributed by atoms with Crippen LogP contribution in [0.3, 0.4) is 0 Å². The zero-order valence-corrected chi connectivity index (χ0v) is 11.2. The van der Waals surface area contributed by atoms with Gasteiger partial charge in [0.15, 0.2) is 0 Å². The van der Waals surface area contributed by atoms with Crippen LogP contribution >= 0.6 is 11.8 Å². The van der Waals surface area contributed by atoms with Crippen molar-refractivity contribution in [3.8, 4) is 5.75 Å². The Morgan fingerprint density at radius 2 is 2.16 bits per heavy atom. The summed E-state index contributed by atoms with van der Waals surface area (Å²) in [7, 11) is 1.75. The number of aromatic nitrogens is 4. The predicted molar refractivity (Wildman–Crippen MR) is 71.9 cm³/mol. The van der Waals surface area contributed by atoms with E-state index in [1.807, 2.05) is 0 Å². The lowest BCUT2D eigenvalue weighted by Crippen LogP contribution is -2.20. The molecule has 0 aliphatic heterocycles. The second-order valence-electron chi connectivity index (χ2n) is 3.93. The molecule has 3 N–H and O–H groups in total. The van der Waals surface area contributed by atoms with Crippen LogP contribution in [0.15, 0.2) is 29.4 Å². The van der Waals surface area contributed by atoms with Gasteiger partial charge in [-0.25, -0.2) is 4.68 Å². The predicted octanol–water partition coefficient (Wildman–Crippen LogP) is 0.324. The highest BCUT2D eigenvalue weighted by atomic mass is 32.2. The molecule has 102 valence electrons. The van der Waals surface area contributed by atoms with E-state index in [0.29, 0.717) is 22.3 Å². The fraction of sp³-hybridized carbons (Fsp3) is 0.364. The van der Waals surface area contributed by atoms with Gasteiger partial charge in [-0.3, -0.25) is 0 Å². The number of hydrogen-bond acceptors (Lipinski definition) is 7. The lowest BCUT2D eigenvalue weighted by atomic mass is 10.3. The normalized spacial score (nSPS) is 12.3. The van der Waals surface area contributed by atoms with Crippen molar-refractivity contribution in [3.63, 3.8) is 0 Å². The van der Waals surface area contributed by atoms with E-state index in [9.17, 15) is 5.11 Å². The standard InChI is InChI=1S/C11H15N5O2S/c1-16-11(13-14-15-16)19-7-9(17)6-18-10-4-2-8(12)3-5-10/h2-5,9,17H,6-7,12H2,1H3. The second-order valence-corrected chi connectivity index (χ2v) is 4.92. The van der Waals surface area contributed by atoms with Gasteiger partial charge < -0.3 is 15.6 Å². The van der Waals surface area contributed by atoms with Crippen molar-refractivity contribution >= 4 is 17.4 Å². The van der Waals surface area contributed by atoms with Crippen molar-refractivity contribution in [1.82, 2.24) is 20.2 Å². The Balaban J connectivity index is 1.74. The first-order chi connectivity index (χ1) is 9.15.